The van der Waals surface area contributed by atoms with Crippen LogP contribution in [0.2, 0.25) is 4.34 Å². The van der Waals surface area contributed by atoms with E-state index >= 15 is 0 Å². The van der Waals surface area contributed by atoms with Gasteiger partial charge in [0, 0.05) is 12.3 Å². The molecule has 0 saturated carbocycles. The van der Waals surface area contributed by atoms with Crippen molar-refractivity contribution in [3.05, 3.63) is 44.4 Å². The molecule has 0 aliphatic heterocycles. The summed E-state index contributed by atoms with van der Waals surface area (Å²) in [5.74, 6) is 0.166. The Morgan fingerprint density at radius 3 is 2.75 bits per heavy atom. The van der Waals surface area contributed by atoms with E-state index in [9.17, 15) is 18.5 Å². The highest BCUT2D eigenvalue weighted by Crippen LogP contribution is 2.36. The molecule has 0 aromatic carbocycles. The molecule has 0 fully saturated rings. The summed E-state index contributed by atoms with van der Waals surface area (Å²) in [6.45, 7) is 1.69. The highest BCUT2D eigenvalue weighted by molar-refractivity contribution is 7.94. The van der Waals surface area contributed by atoms with Gasteiger partial charge < -0.3 is 0 Å². The molecule has 106 valence electrons. The van der Waals surface area contributed by atoms with E-state index in [0.717, 1.165) is 6.07 Å². The first-order chi connectivity index (χ1) is 9.31. The molecule has 0 saturated heterocycles. The Bertz CT molecular complexity index is 773. The van der Waals surface area contributed by atoms with Crippen molar-refractivity contribution in [3.8, 4) is 0 Å². The molecule has 0 aliphatic rings. The summed E-state index contributed by atoms with van der Waals surface area (Å²) >= 11 is 6.27. The Morgan fingerprint density at radius 1 is 1.50 bits per heavy atom. The number of aromatic nitrogens is 1. The van der Waals surface area contributed by atoms with Crippen LogP contribution in [0.1, 0.15) is 5.56 Å². The summed E-state index contributed by atoms with van der Waals surface area (Å²) in [4.78, 5) is 13.8. The molecule has 0 aliphatic carbocycles. The number of pyridine rings is 1. The lowest BCUT2D eigenvalue weighted by atomic mass is 10.3. The molecule has 10 heteroatoms. The zero-order valence-electron chi connectivity index (χ0n) is 10.0. The van der Waals surface area contributed by atoms with Crippen LogP contribution in [-0.4, -0.2) is 18.3 Å². The predicted octanol–water partition coefficient (Wildman–Crippen LogP) is 2.81. The van der Waals surface area contributed by atoms with Crippen LogP contribution in [0, 0.1) is 17.0 Å². The van der Waals surface area contributed by atoms with E-state index in [1.807, 2.05) is 0 Å². The quantitative estimate of drug-likeness (QED) is 0.684. The molecule has 2 aromatic heterocycles. The zero-order valence-corrected chi connectivity index (χ0v) is 12.4. The first-order valence-corrected chi connectivity index (χ1v) is 7.87. The fraction of sp³-hybridized carbons (Fsp3) is 0.100. The van der Waals surface area contributed by atoms with E-state index in [1.54, 1.807) is 19.1 Å². The van der Waals surface area contributed by atoms with Crippen LogP contribution in [-0.2, 0) is 10.0 Å². The van der Waals surface area contributed by atoms with Gasteiger partial charge in [0.15, 0.2) is 4.34 Å². The maximum absolute atomic E-state index is 12.1. The van der Waals surface area contributed by atoms with Crippen LogP contribution in [0.5, 0.6) is 0 Å². The summed E-state index contributed by atoms with van der Waals surface area (Å²) in [7, 11) is -3.95. The smallest absolute Gasteiger partial charge is 0.262 e. The Hall–Kier alpha value is -1.71. The van der Waals surface area contributed by atoms with Crippen molar-refractivity contribution in [1.82, 2.24) is 4.98 Å². The lowest BCUT2D eigenvalue weighted by Gasteiger charge is -2.06. The SMILES string of the molecule is Cc1cccnc1NS(=O)(=O)c1cc([N+](=O)[O-])c(Cl)s1. The molecule has 2 rings (SSSR count). The Kier molecular flexibility index (Phi) is 3.93. The third-order valence-corrected chi connectivity index (χ3v) is 5.50. The predicted molar refractivity (Wildman–Crippen MR) is 75.8 cm³/mol. The molecule has 0 unspecified atom stereocenters. The number of sulfonamides is 1. The van der Waals surface area contributed by atoms with Crippen molar-refractivity contribution in [2.24, 2.45) is 0 Å². The fourth-order valence-electron chi connectivity index (χ4n) is 1.37. The number of anilines is 1. The van der Waals surface area contributed by atoms with E-state index < -0.39 is 20.6 Å². The van der Waals surface area contributed by atoms with Crippen LogP contribution >= 0.6 is 22.9 Å². The number of hydrogen-bond donors (Lipinski definition) is 1. The largest absolute Gasteiger partial charge is 0.300 e. The number of hydrogen-bond acceptors (Lipinski definition) is 6. The average molecular weight is 334 g/mol. The van der Waals surface area contributed by atoms with Gasteiger partial charge in [0.2, 0.25) is 0 Å². The van der Waals surface area contributed by atoms with Crippen LogP contribution < -0.4 is 4.72 Å². The molecule has 0 amide bonds. The van der Waals surface area contributed by atoms with E-state index in [-0.39, 0.29) is 14.4 Å². The molecule has 0 radical (unpaired) electrons. The lowest BCUT2D eigenvalue weighted by molar-refractivity contribution is -0.384. The van der Waals surface area contributed by atoms with Gasteiger partial charge in [-0.2, -0.15) is 0 Å². The van der Waals surface area contributed by atoms with Crippen molar-refractivity contribution in [2.75, 3.05) is 4.72 Å². The van der Waals surface area contributed by atoms with Crippen LogP contribution in [0.3, 0.4) is 0 Å². The highest BCUT2D eigenvalue weighted by atomic mass is 35.5. The summed E-state index contributed by atoms with van der Waals surface area (Å²) < 4.78 is 26.1. The van der Waals surface area contributed by atoms with Gasteiger partial charge in [0.25, 0.3) is 15.7 Å². The second-order valence-electron chi connectivity index (χ2n) is 3.76. The summed E-state index contributed by atoms with van der Waals surface area (Å²) in [5.41, 5.74) is 0.197. The average Bonchev–Trinajstić information content (AvgIpc) is 2.75. The molecule has 7 nitrogen and oxygen atoms in total. The maximum atomic E-state index is 12.1. The second kappa shape index (κ2) is 5.35. The maximum Gasteiger partial charge on any atom is 0.300 e. The first-order valence-electron chi connectivity index (χ1n) is 5.19. The number of rotatable bonds is 4. The molecule has 0 bridgehead atoms. The topological polar surface area (TPSA) is 102 Å². The van der Waals surface area contributed by atoms with E-state index in [2.05, 4.69) is 9.71 Å². The van der Waals surface area contributed by atoms with Gasteiger partial charge >= 0.3 is 0 Å². The van der Waals surface area contributed by atoms with E-state index in [4.69, 9.17) is 11.6 Å². The van der Waals surface area contributed by atoms with Gasteiger partial charge in [-0.1, -0.05) is 17.7 Å². The van der Waals surface area contributed by atoms with Crippen molar-refractivity contribution >= 4 is 44.5 Å². The van der Waals surface area contributed by atoms with Crippen molar-refractivity contribution in [3.63, 3.8) is 0 Å². The van der Waals surface area contributed by atoms with Gasteiger partial charge in [-0.3, -0.25) is 14.8 Å². The standard InChI is InChI=1S/C10H8ClN3O4S2/c1-6-3-2-4-12-10(6)13-20(17,18)8-5-7(14(15)16)9(11)19-8/h2-5H,1H3,(H,12,13). The summed E-state index contributed by atoms with van der Waals surface area (Å²) in [6, 6.07) is 4.28. The van der Waals surface area contributed by atoms with Crippen molar-refractivity contribution < 1.29 is 13.3 Å². The zero-order chi connectivity index (χ0) is 14.9. The number of aryl methyl sites for hydroxylation is 1. The molecular weight excluding hydrogens is 326 g/mol. The van der Waals surface area contributed by atoms with Crippen molar-refractivity contribution in [2.45, 2.75) is 11.1 Å². The Balaban J connectivity index is 2.39. The van der Waals surface area contributed by atoms with Crippen molar-refractivity contribution in [1.29, 1.82) is 0 Å². The monoisotopic (exact) mass is 333 g/mol. The molecule has 0 atom stereocenters. The Morgan fingerprint density at radius 2 is 2.20 bits per heavy atom. The number of nitrogens with one attached hydrogen (secondary N) is 1. The molecule has 20 heavy (non-hydrogen) atoms. The van der Waals surface area contributed by atoms with Crippen LogP contribution in [0.15, 0.2) is 28.6 Å². The lowest BCUT2D eigenvalue weighted by Crippen LogP contribution is -2.13. The molecular formula is C10H8ClN3O4S2. The number of halogens is 1. The van der Waals surface area contributed by atoms with Gasteiger partial charge in [0.05, 0.1) is 4.92 Å². The second-order valence-corrected chi connectivity index (χ2v) is 7.32. The normalized spacial score (nSPS) is 11.3. The summed E-state index contributed by atoms with van der Waals surface area (Å²) in [5, 5.41) is 10.7. The van der Waals surface area contributed by atoms with Crippen LogP contribution in [0.4, 0.5) is 11.5 Å². The van der Waals surface area contributed by atoms with Crippen LogP contribution in [0.25, 0.3) is 0 Å². The van der Waals surface area contributed by atoms with Gasteiger partial charge in [-0.15, -0.1) is 11.3 Å². The molecule has 0 spiro atoms. The first kappa shape index (κ1) is 14.7. The number of thiophene rings is 1. The number of nitrogens with zero attached hydrogens (tertiary/aromatic N) is 2. The summed E-state index contributed by atoms with van der Waals surface area (Å²) in [6.07, 6.45) is 1.44. The minimum Gasteiger partial charge on any atom is -0.262 e. The third kappa shape index (κ3) is 2.89. The number of nitro groups is 1. The minimum absolute atomic E-state index is 0.166. The van der Waals surface area contributed by atoms with Gasteiger partial charge in [-0.25, -0.2) is 13.4 Å². The molecule has 2 heterocycles. The van der Waals surface area contributed by atoms with Gasteiger partial charge in [-0.05, 0) is 18.6 Å². The Labute approximate surface area is 123 Å². The third-order valence-electron chi connectivity index (χ3n) is 2.35. The minimum atomic E-state index is -3.95. The fourth-order valence-corrected chi connectivity index (χ4v) is 4.11. The van der Waals surface area contributed by atoms with E-state index in [0.29, 0.717) is 16.9 Å². The van der Waals surface area contributed by atoms with E-state index in [1.165, 1.54) is 6.20 Å². The molecule has 2 aromatic rings. The highest BCUT2D eigenvalue weighted by Gasteiger charge is 2.25. The molecule has 1 N–H and O–H groups in total. The van der Waals surface area contributed by atoms with Gasteiger partial charge in [0.1, 0.15) is 10.0 Å².